The van der Waals surface area contributed by atoms with Crippen molar-refractivity contribution >= 4 is 23.2 Å². The molecule has 0 bridgehead atoms. The van der Waals surface area contributed by atoms with Gasteiger partial charge in [-0.05, 0) is 36.1 Å². The first kappa shape index (κ1) is 17.2. The Morgan fingerprint density at radius 2 is 1.57 bits per heavy atom. The van der Waals surface area contributed by atoms with Crippen LogP contribution in [0.4, 0.5) is 11.4 Å². The number of hydrogen-bond donors (Lipinski definition) is 3. The van der Waals surface area contributed by atoms with Crippen molar-refractivity contribution < 1.29 is 9.59 Å². The second-order valence-electron chi connectivity index (χ2n) is 6.45. The number of anilines is 2. The van der Waals surface area contributed by atoms with Crippen molar-refractivity contribution in [3.63, 3.8) is 0 Å². The van der Waals surface area contributed by atoms with Crippen LogP contribution in [0.2, 0.25) is 0 Å². The fourth-order valence-corrected chi connectivity index (χ4v) is 2.11. The molecule has 2 amide bonds. The largest absolute Gasteiger partial charge is 0.330 e. The van der Waals surface area contributed by atoms with Gasteiger partial charge in [0, 0.05) is 24.8 Å². The molecule has 0 aromatic heterocycles. The minimum absolute atomic E-state index is 0.0522. The van der Waals surface area contributed by atoms with Crippen molar-refractivity contribution in [2.75, 3.05) is 17.2 Å². The molecule has 5 heteroatoms. The lowest BCUT2D eigenvalue weighted by molar-refractivity contribution is -0.120. The molecule has 0 fully saturated rings. The summed E-state index contributed by atoms with van der Waals surface area (Å²) in [5.74, 6) is -0.403. The molecule has 1 aromatic carbocycles. The van der Waals surface area contributed by atoms with Crippen molar-refractivity contribution in [2.45, 2.75) is 34.1 Å². The van der Waals surface area contributed by atoms with E-state index in [-0.39, 0.29) is 23.1 Å². The molecule has 1 rings (SSSR count). The first-order valence-corrected chi connectivity index (χ1v) is 7.10. The Hall–Kier alpha value is -1.88. The number of rotatable bonds is 5. The molecular weight excluding hydrogens is 266 g/mol. The maximum Gasteiger partial charge on any atom is 0.228 e. The molecule has 5 nitrogen and oxygen atoms in total. The summed E-state index contributed by atoms with van der Waals surface area (Å²) in [6.07, 6.45) is 0.735. The highest BCUT2D eigenvalue weighted by molar-refractivity contribution is 5.93. The SMILES string of the molecule is CC(=O)Nc1ccc(NC(=O)C(CN)CC(C)(C)C)cc1. The van der Waals surface area contributed by atoms with Gasteiger partial charge in [-0.3, -0.25) is 9.59 Å². The van der Waals surface area contributed by atoms with Crippen molar-refractivity contribution in [1.82, 2.24) is 0 Å². The second-order valence-corrected chi connectivity index (χ2v) is 6.45. The van der Waals surface area contributed by atoms with Crippen LogP contribution in [0.15, 0.2) is 24.3 Å². The zero-order valence-electron chi connectivity index (χ0n) is 13.2. The average molecular weight is 291 g/mol. The van der Waals surface area contributed by atoms with Crippen LogP contribution in [0.25, 0.3) is 0 Å². The van der Waals surface area contributed by atoms with E-state index in [9.17, 15) is 9.59 Å². The summed E-state index contributed by atoms with van der Waals surface area (Å²) < 4.78 is 0. The first-order valence-electron chi connectivity index (χ1n) is 7.10. The lowest BCUT2D eigenvalue weighted by Gasteiger charge is -2.24. The van der Waals surface area contributed by atoms with Crippen molar-refractivity contribution in [2.24, 2.45) is 17.1 Å². The number of nitrogens with one attached hydrogen (secondary N) is 2. The molecule has 0 aliphatic heterocycles. The van der Waals surface area contributed by atoms with Crippen molar-refractivity contribution in [3.05, 3.63) is 24.3 Å². The van der Waals surface area contributed by atoms with E-state index in [1.807, 2.05) is 0 Å². The summed E-state index contributed by atoms with van der Waals surface area (Å²) in [7, 11) is 0. The first-order chi connectivity index (χ1) is 9.71. The van der Waals surface area contributed by atoms with Gasteiger partial charge in [-0.1, -0.05) is 20.8 Å². The van der Waals surface area contributed by atoms with Gasteiger partial charge < -0.3 is 16.4 Å². The molecular formula is C16H25N3O2. The lowest BCUT2D eigenvalue weighted by Crippen LogP contribution is -2.32. The number of hydrogen-bond acceptors (Lipinski definition) is 3. The van der Waals surface area contributed by atoms with Gasteiger partial charge in [0.05, 0.1) is 5.92 Å². The molecule has 0 spiro atoms. The summed E-state index contributed by atoms with van der Waals surface area (Å²) in [6, 6.07) is 7.01. The predicted octanol–water partition coefficient (Wildman–Crippen LogP) is 2.59. The Labute approximate surface area is 126 Å². The van der Waals surface area contributed by atoms with Gasteiger partial charge in [-0.25, -0.2) is 0 Å². The normalized spacial score (nSPS) is 12.6. The van der Waals surface area contributed by atoms with Crippen LogP contribution in [-0.2, 0) is 9.59 Å². The predicted molar refractivity (Wildman–Crippen MR) is 86.0 cm³/mol. The standard InChI is InChI=1S/C16H25N3O2/c1-11(20)18-13-5-7-14(8-6-13)19-15(21)12(10-17)9-16(2,3)4/h5-8,12H,9-10,17H2,1-4H3,(H,18,20)(H,19,21). The number of carbonyl (C=O) groups is 2. The summed E-state index contributed by atoms with van der Waals surface area (Å²) in [6.45, 7) is 8.04. The maximum atomic E-state index is 12.2. The van der Waals surface area contributed by atoms with Crippen LogP contribution in [0.5, 0.6) is 0 Å². The van der Waals surface area contributed by atoms with Crippen molar-refractivity contribution in [1.29, 1.82) is 0 Å². The Bertz CT molecular complexity index is 489. The zero-order chi connectivity index (χ0) is 16.0. The molecule has 21 heavy (non-hydrogen) atoms. The third-order valence-corrected chi connectivity index (χ3v) is 2.99. The third-order valence-electron chi connectivity index (χ3n) is 2.99. The maximum absolute atomic E-state index is 12.2. The number of carbonyl (C=O) groups excluding carboxylic acids is 2. The van der Waals surface area contributed by atoms with Crippen molar-refractivity contribution in [3.8, 4) is 0 Å². The van der Waals surface area contributed by atoms with Gasteiger partial charge >= 0.3 is 0 Å². The molecule has 0 aliphatic carbocycles. The summed E-state index contributed by atoms with van der Waals surface area (Å²) in [5, 5.41) is 5.54. The molecule has 1 atom stereocenters. The molecule has 0 aliphatic rings. The zero-order valence-corrected chi connectivity index (χ0v) is 13.2. The van der Waals surface area contributed by atoms with Crippen LogP contribution in [-0.4, -0.2) is 18.4 Å². The number of nitrogens with two attached hydrogens (primary N) is 1. The number of benzene rings is 1. The van der Waals surface area contributed by atoms with Gasteiger partial charge in [0.1, 0.15) is 0 Å². The van der Waals surface area contributed by atoms with Crippen LogP contribution in [0, 0.1) is 11.3 Å². The molecule has 0 saturated heterocycles. The minimum Gasteiger partial charge on any atom is -0.330 e. The molecule has 4 N–H and O–H groups in total. The highest BCUT2D eigenvalue weighted by Gasteiger charge is 2.23. The van der Waals surface area contributed by atoms with E-state index < -0.39 is 0 Å². The van der Waals surface area contributed by atoms with E-state index in [2.05, 4.69) is 31.4 Å². The molecule has 0 saturated carbocycles. The quantitative estimate of drug-likeness (QED) is 0.779. The van der Waals surface area contributed by atoms with Crippen LogP contribution >= 0.6 is 0 Å². The third kappa shape index (κ3) is 6.40. The van der Waals surface area contributed by atoms with Crippen LogP contribution < -0.4 is 16.4 Å². The summed E-state index contributed by atoms with van der Waals surface area (Å²) in [4.78, 5) is 23.2. The van der Waals surface area contributed by atoms with Crippen LogP contribution in [0.3, 0.4) is 0 Å². The smallest absolute Gasteiger partial charge is 0.228 e. The van der Waals surface area contributed by atoms with Gasteiger partial charge in [0.25, 0.3) is 0 Å². The molecule has 0 radical (unpaired) electrons. The lowest BCUT2D eigenvalue weighted by atomic mass is 9.84. The highest BCUT2D eigenvalue weighted by atomic mass is 16.2. The van der Waals surface area contributed by atoms with Gasteiger partial charge in [0.15, 0.2) is 0 Å². The minimum atomic E-state index is -0.208. The Kier molecular flexibility index (Phi) is 5.90. The molecule has 1 aromatic rings. The molecule has 0 heterocycles. The van der Waals surface area contributed by atoms with Gasteiger partial charge in [0.2, 0.25) is 11.8 Å². The number of amides is 2. The second kappa shape index (κ2) is 7.22. The fourth-order valence-electron chi connectivity index (χ4n) is 2.11. The summed E-state index contributed by atoms with van der Waals surface area (Å²) >= 11 is 0. The van der Waals surface area contributed by atoms with Gasteiger partial charge in [-0.2, -0.15) is 0 Å². The molecule has 116 valence electrons. The van der Waals surface area contributed by atoms with Crippen LogP contribution in [0.1, 0.15) is 34.1 Å². The van der Waals surface area contributed by atoms with E-state index in [4.69, 9.17) is 5.73 Å². The van der Waals surface area contributed by atoms with E-state index in [0.717, 1.165) is 6.42 Å². The Balaban J connectivity index is 2.66. The topological polar surface area (TPSA) is 84.2 Å². The van der Waals surface area contributed by atoms with E-state index >= 15 is 0 Å². The summed E-state index contributed by atoms with van der Waals surface area (Å²) in [5.41, 5.74) is 7.15. The molecule has 1 unspecified atom stereocenters. The fraction of sp³-hybridized carbons (Fsp3) is 0.500. The monoisotopic (exact) mass is 291 g/mol. The van der Waals surface area contributed by atoms with E-state index in [1.165, 1.54) is 6.92 Å². The van der Waals surface area contributed by atoms with E-state index in [0.29, 0.717) is 17.9 Å². The average Bonchev–Trinajstić information content (AvgIpc) is 2.36. The Morgan fingerprint density at radius 3 is 1.95 bits per heavy atom. The highest BCUT2D eigenvalue weighted by Crippen LogP contribution is 2.25. The van der Waals surface area contributed by atoms with E-state index in [1.54, 1.807) is 24.3 Å². The van der Waals surface area contributed by atoms with Gasteiger partial charge in [-0.15, -0.1) is 0 Å². The Morgan fingerprint density at radius 1 is 1.10 bits per heavy atom.